The number of ether oxygens (including phenoxy) is 2. The first-order valence-electron chi connectivity index (χ1n) is 11.2. The van der Waals surface area contributed by atoms with E-state index in [9.17, 15) is 4.79 Å². The SMILES string of the molecule is COc1cc(OC)c(/C=c2\sc3n(c2=O)[C@H](c2cccs2)C2=C(N=3)c3ccccc3CC2)cc1Br. The van der Waals surface area contributed by atoms with Crippen LogP contribution >= 0.6 is 38.6 Å². The molecule has 2 aromatic heterocycles. The van der Waals surface area contributed by atoms with Gasteiger partial charge in [-0.3, -0.25) is 9.36 Å². The van der Waals surface area contributed by atoms with Crippen molar-refractivity contribution >= 4 is 50.4 Å². The van der Waals surface area contributed by atoms with Gasteiger partial charge in [-0.05, 0) is 63.5 Å². The van der Waals surface area contributed by atoms with Gasteiger partial charge in [-0.25, -0.2) is 4.99 Å². The van der Waals surface area contributed by atoms with E-state index in [1.807, 2.05) is 28.8 Å². The van der Waals surface area contributed by atoms with Gasteiger partial charge in [0.2, 0.25) is 0 Å². The molecule has 0 unspecified atom stereocenters. The zero-order chi connectivity index (χ0) is 24.1. The molecule has 3 heterocycles. The lowest BCUT2D eigenvalue weighted by Crippen LogP contribution is -2.38. The molecular weight excluding hydrogens is 544 g/mol. The summed E-state index contributed by atoms with van der Waals surface area (Å²) in [5.41, 5.74) is 5.48. The molecule has 0 amide bonds. The molecule has 1 aliphatic carbocycles. The van der Waals surface area contributed by atoms with Gasteiger partial charge in [-0.15, -0.1) is 11.3 Å². The van der Waals surface area contributed by atoms with Crippen molar-refractivity contribution in [3.63, 3.8) is 0 Å². The maximum atomic E-state index is 13.8. The number of aryl methyl sites for hydroxylation is 1. The largest absolute Gasteiger partial charge is 0.496 e. The number of methoxy groups -OCH3 is 2. The van der Waals surface area contributed by atoms with Crippen molar-refractivity contribution in [2.24, 2.45) is 4.99 Å². The third-order valence-electron chi connectivity index (χ3n) is 6.48. The normalized spacial score (nSPS) is 16.9. The molecule has 2 aromatic carbocycles. The van der Waals surface area contributed by atoms with Crippen LogP contribution in [0.25, 0.3) is 11.8 Å². The fourth-order valence-electron chi connectivity index (χ4n) is 4.86. The van der Waals surface area contributed by atoms with E-state index in [2.05, 4.69) is 51.6 Å². The van der Waals surface area contributed by atoms with Crippen molar-refractivity contribution in [2.45, 2.75) is 18.9 Å². The van der Waals surface area contributed by atoms with Gasteiger partial charge >= 0.3 is 0 Å². The van der Waals surface area contributed by atoms with Crippen molar-refractivity contribution in [3.8, 4) is 11.5 Å². The topological polar surface area (TPSA) is 52.8 Å². The highest BCUT2D eigenvalue weighted by atomic mass is 79.9. The van der Waals surface area contributed by atoms with Crippen LogP contribution in [-0.2, 0) is 6.42 Å². The number of halogens is 1. The van der Waals surface area contributed by atoms with Gasteiger partial charge in [0.05, 0.1) is 35.0 Å². The van der Waals surface area contributed by atoms with Crippen molar-refractivity contribution in [3.05, 3.63) is 105 Å². The summed E-state index contributed by atoms with van der Waals surface area (Å²) in [6.07, 6.45) is 3.73. The van der Waals surface area contributed by atoms with Crippen LogP contribution in [0, 0.1) is 0 Å². The molecule has 0 radical (unpaired) electrons. The number of thiazole rings is 1. The molecule has 0 saturated heterocycles. The molecule has 0 saturated carbocycles. The Kier molecular flexibility index (Phi) is 5.75. The third kappa shape index (κ3) is 3.71. The van der Waals surface area contributed by atoms with Crippen LogP contribution in [0.3, 0.4) is 0 Å². The predicted molar refractivity (Wildman–Crippen MR) is 144 cm³/mol. The summed E-state index contributed by atoms with van der Waals surface area (Å²) in [5.74, 6) is 1.31. The second kappa shape index (κ2) is 8.93. The van der Waals surface area contributed by atoms with Gasteiger partial charge in [0.25, 0.3) is 5.56 Å². The van der Waals surface area contributed by atoms with E-state index in [0.717, 1.165) is 38.3 Å². The first kappa shape index (κ1) is 22.5. The number of thiophene rings is 1. The highest BCUT2D eigenvalue weighted by Gasteiger charge is 2.33. The molecule has 176 valence electrons. The van der Waals surface area contributed by atoms with Crippen molar-refractivity contribution in [2.75, 3.05) is 14.2 Å². The number of fused-ring (bicyclic) bond motifs is 3. The first-order chi connectivity index (χ1) is 17.1. The van der Waals surface area contributed by atoms with E-state index in [1.165, 1.54) is 28.0 Å². The van der Waals surface area contributed by atoms with Gasteiger partial charge in [-0.1, -0.05) is 41.7 Å². The Labute approximate surface area is 218 Å². The number of benzene rings is 2. The molecule has 6 rings (SSSR count). The Morgan fingerprint density at radius 3 is 2.69 bits per heavy atom. The minimum Gasteiger partial charge on any atom is -0.496 e. The van der Waals surface area contributed by atoms with Gasteiger partial charge in [0, 0.05) is 22.1 Å². The fourth-order valence-corrected chi connectivity index (χ4v) is 7.22. The minimum absolute atomic E-state index is 0.0356. The monoisotopic (exact) mass is 564 g/mol. The molecule has 35 heavy (non-hydrogen) atoms. The maximum Gasteiger partial charge on any atom is 0.271 e. The molecule has 1 atom stereocenters. The smallest absolute Gasteiger partial charge is 0.271 e. The standard InChI is InChI=1S/C27H21BrN2O3S2/c1-32-20-14-21(33-2)19(28)12-16(20)13-23-26(31)30-25(22-8-5-11-34-22)18-10-9-15-6-3-4-7-17(15)24(18)29-27(30)35-23/h3-8,11-14,25H,9-10H2,1-2H3/b23-13-/t25-/m0/s1. The minimum atomic E-state index is -0.138. The number of hydrogen-bond donors (Lipinski definition) is 0. The van der Waals surface area contributed by atoms with Crippen LogP contribution < -0.4 is 24.4 Å². The summed E-state index contributed by atoms with van der Waals surface area (Å²) in [6, 6.07) is 16.2. The summed E-state index contributed by atoms with van der Waals surface area (Å²) in [6.45, 7) is 0. The molecule has 0 bridgehead atoms. The van der Waals surface area contributed by atoms with Crippen LogP contribution in [0.15, 0.2) is 73.7 Å². The van der Waals surface area contributed by atoms with E-state index in [-0.39, 0.29) is 11.6 Å². The number of allylic oxidation sites excluding steroid dienone is 1. The lowest BCUT2D eigenvalue weighted by molar-refractivity contribution is 0.392. The third-order valence-corrected chi connectivity index (χ3v) is 9.00. The Morgan fingerprint density at radius 1 is 1.09 bits per heavy atom. The lowest BCUT2D eigenvalue weighted by Gasteiger charge is -2.30. The van der Waals surface area contributed by atoms with Crippen molar-refractivity contribution < 1.29 is 9.47 Å². The fraction of sp³-hybridized carbons (Fsp3) is 0.185. The van der Waals surface area contributed by atoms with Crippen molar-refractivity contribution in [1.29, 1.82) is 0 Å². The van der Waals surface area contributed by atoms with E-state index in [4.69, 9.17) is 14.5 Å². The number of hydrogen-bond acceptors (Lipinski definition) is 6. The lowest BCUT2D eigenvalue weighted by atomic mass is 9.85. The number of nitrogens with zero attached hydrogens (tertiary/aromatic N) is 2. The van der Waals surface area contributed by atoms with Crippen LogP contribution in [0.5, 0.6) is 11.5 Å². The molecule has 0 fully saturated rings. The molecule has 5 nitrogen and oxygen atoms in total. The van der Waals surface area contributed by atoms with Gasteiger partial charge in [0.1, 0.15) is 11.5 Å². The Balaban J connectivity index is 1.60. The van der Waals surface area contributed by atoms with Gasteiger partial charge in [-0.2, -0.15) is 0 Å². The number of rotatable bonds is 4. The summed E-state index contributed by atoms with van der Waals surface area (Å²) in [4.78, 5) is 20.8. The summed E-state index contributed by atoms with van der Waals surface area (Å²) >= 11 is 6.65. The molecule has 0 N–H and O–H groups in total. The van der Waals surface area contributed by atoms with E-state index in [0.29, 0.717) is 16.0 Å². The highest BCUT2D eigenvalue weighted by molar-refractivity contribution is 9.10. The Bertz CT molecular complexity index is 1670. The average molecular weight is 566 g/mol. The van der Waals surface area contributed by atoms with Crippen LogP contribution in [-0.4, -0.2) is 18.8 Å². The molecule has 8 heteroatoms. The van der Waals surface area contributed by atoms with Gasteiger partial charge in [0.15, 0.2) is 4.80 Å². The molecular formula is C27H21BrN2O3S2. The van der Waals surface area contributed by atoms with E-state index < -0.39 is 0 Å². The number of aromatic nitrogens is 1. The zero-order valence-corrected chi connectivity index (χ0v) is 22.3. The Morgan fingerprint density at radius 2 is 1.91 bits per heavy atom. The van der Waals surface area contributed by atoms with E-state index >= 15 is 0 Å². The quantitative estimate of drug-likeness (QED) is 0.344. The maximum absolute atomic E-state index is 13.8. The second-order valence-corrected chi connectivity index (χ2v) is 11.2. The summed E-state index contributed by atoms with van der Waals surface area (Å²) < 4.78 is 14.3. The average Bonchev–Trinajstić information content (AvgIpc) is 3.51. The zero-order valence-electron chi connectivity index (χ0n) is 19.1. The second-order valence-electron chi connectivity index (χ2n) is 8.36. The molecule has 0 spiro atoms. The molecule has 1 aliphatic heterocycles. The Hall–Kier alpha value is -2.94. The molecule has 2 aliphatic rings. The highest BCUT2D eigenvalue weighted by Crippen LogP contribution is 2.42. The van der Waals surface area contributed by atoms with Crippen molar-refractivity contribution in [1.82, 2.24) is 4.57 Å². The molecule has 4 aromatic rings. The summed E-state index contributed by atoms with van der Waals surface area (Å²) in [5, 5.41) is 2.07. The van der Waals surface area contributed by atoms with Gasteiger partial charge < -0.3 is 9.47 Å². The predicted octanol–water partition coefficient (Wildman–Crippen LogP) is 5.16. The summed E-state index contributed by atoms with van der Waals surface area (Å²) in [7, 11) is 3.23. The van der Waals surface area contributed by atoms with E-state index in [1.54, 1.807) is 25.6 Å². The van der Waals surface area contributed by atoms with Crippen LogP contribution in [0.2, 0.25) is 0 Å². The first-order valence-corrected chi connectivity index (χ1v) is 13.7. The van der Waals surface area contributed by atoms with Crippen LogP contribution in [0.4, 0.5) is 0 Å². The van der Waals surface area contributed by atoms with Crippen LogP contribution in [0.1, 0.15) is 34.0 Å².